The maximum Gasteiger partial charge on any atom is 0.222 e. The van der Waals surface area contributed by atoms with Crippen molar-refractivity contribution >= 4 is 23.3 Å². The van der Waals surface area contributed by atoms with Crippen molar-refractivity contribution in [3.05, 3.63) is 82.6 Å². The number of carbonyl (C=O) groups excluding carboxylic acids is 1. The van der Waals surface area contributed by atoms with Gasteiger partial charge in [-0.2, -0.15) is 0 Å². The summed E-state index contributed by atoms with van der Waals surface area (Å²) < 4.78 is 0. The molecule has 4 nitrogen and oxygen atoms in total. The maximum absolute atomic E-state index is 11.8. The molecular formula is C25H32ClN3O. The van der Waals surface area contributed by atoms with E-state index in [1.165, 1.54) is 31.8 Å². The molecule has 1 aliphatic carbocycles. The average molecular weight is 426 g/mol. The van der Waals surface area contributed by atoms with Gasteiger partial charge in [-0.3, -0.25) is 4.79 Å². The minimum Gasteiger partial charge on any atom is -0.316 e. The van der Waals surface area contributed by atoms with Crippen LogP contribution in [0.4, 0.5) is 0 Å². The van der Waals surface area contributed by atoms with E-state index >= 15 is 0 Å². The fourth-order valence-electron chi connectivity index (χ4n) is 2.97. The predicted octanol–water partition coefficient (Wildman–Crippen LogP) is 5.70. The first-order chi connectivity index (χ1) is 14.3. The third-order valence-electron chi connectivity index (χ3n) is 5.01. The summed E-state index contributed by atoms with van der Waals surface area (Å²) in [7, 11) is 1.88. The zero-order valence-corrected chi connectivity index (χ0v) is 19.0. The molecule has 0 bridgehead atoms. The highest BCUT2D eigenvalue weighted by Gasteiger charge is 2.20. The number of hydrogen-bond acceptors (Lipinski definition) is 3. The molecule has 1 saturated carbocycles. The quantitative estimate of drug-likeness (QED) is 0.287. The van der Waals surface area contributed by atoms with Crippen molar-refractivity contribution < 1.29 is 4.79 Å². The van der Waals surface area contributed by atoms with Gasteiger partial charge in [0, 0.05) is 19.0 Å². The van der Waals surface area contributed by atoms with E-state index in [1.807, 2.05) is 44.3 Å². The molecule has 5 heteroatoms. The van der Waals surface area contributed by atoms with Gasteiger partial charge in [0.2, 0.25) is 5.91 Å². The zero-order chi connectivity index (χ0) is 22.1. The highest BCUT2D eigenvalue weighted by atomic mass is 35.5. The Bertz CT molecular complexity index is 892. The molecule has 2 N–H and O–H groups in total. The Morgan fingerprint density at radius 1 is 1.30 bits per heavy atom. The molecule has 0 unspecified atom stereocenters. The monoisotopic (exact) mass is 425 g/mol. The SMILES string of the molecule is C=C/C(=C\C=C(/C)C(=C)/N=C(\NC(C)=O)c1cc(CNC)ccc1Cl)CCC1CC1. The number of nitrogens with one attached hydrogen (secondary N) is 2. The second-order valence-corrected chi connectivity index (χ2v) is 8.12. The van der Waals surface area contributed by atoms with Crippen LogP contribution in [0, 0.1) is 5.92 Å². The summed E-state index contributed by atoms with van der Waals surface area (Å²) in [4.78, 5) is 16.4. The number of benzene rings is 1. The van der Waals surface area contributed by atoms with E-state index in [0.29, 0.717) is 28.7 Å². The van der Waals surface area contributed by atoms with Crippen molar-refractivity contribution in [2.45, 2.75) is 46.1 Å². The van der Waals surface area contributed by atoms with Crippen LogP contribution in [0.5, 0.6) is 0 Å². The highest BCUT2D eigenvalue weighted by molar-refractivity contribution is 6.34. The molecule has 0 heterocycles. The third kappa shape index (κ3) is 7.77. The lowest BCUT2D eigenvalue weighted by Crippen LogP contribution is -2.29. The van der Waals surface area contributed by atoms with E-state index in [0.717, 1.165) is 23.5 Å². The molecule has 1 aromatic carbocycles. The van der Waals surface area contributed by atoms with Crippen LogP contribution in [-0.4, -0.2) is 18.8 Å². The molecule has 0 aliphatic heterocycles. The molecule has 0 saturated heterocycles. The van der Waals surface area contributed by atoms with Gasteiger partial charge in [-0.1, -0.05) is 61.9 Å². The van der Waals surface area contributed by atoms with E-state index in [4.69, 9.17) is 11.6 Å². The van der Waals surface area contributed by atoms with Crippen LogP contribution in [-0.2, 0) is 11.3 Å². The van der Waals surface area contributed by atoms with E-state index in [2.05, 4.69) is 34.9 Å². The van der Waals surface area contributed by atoms with Gasteiger partial charge in [0.1, 0.15) is 5.84 Å². The number of hydrogen-bond donors (Lipinski definition) is 2. The van der Waals surface area contributed by atoms with Crippen molar-refractivity contribution in [2.24, 2.45) is 10.9 Å². The number of amidine groups is 1. The van der Waals surface area contributed by atoms with Crippen molar-refractivity contribution in [1.82, 2.24) is 10.6 Å². The molecule has 1 amide bonds. The van der Waals surface area contributed by atoms with Crippen LogP contribution in [0.3, 0.4) is 0 Å². The lowest BCUT2D eigenvalue weighted by molar-refractivity contribution is -0.117. The molecule has 1 aliphatic rings. The molecule has 0 aromatic heterocycles. The van der Waals surface area contributed by atoms with Gasteiger partial charge in [0.05, 0.1) is 10.7 Å². The van der Waals surface area contributed by atoms with Gasteiger partial charge in [-0.25, -0.2) is 4.99 Å². The first-order valence-corrected chi connectivity index (χ1v) is 10.7. The molecule has 1 fully saturated rings. The van der Waals surface area contributed by atoms with E-state index < -0.39 is 0 Å². The Kier molecular flexibility index (Phi) is 9.28. The van der Waals surface area contributed by atoms with Gasteiger partial charge >= 0.3 is 0 Å². The lowest BCUT2D eigenvalue weighted by atomic mass is 10.1. The summed E-state index contributed by atoms with van der Waals surface area (Å²) in [5, 5.41) is 6.43. The topological polar surface area (TPSA) is 53.5 Å². The Hall–Kier alpha value is -2.43. The largest absolute Gasteiger partial charge is 0.316 e. The Morgan fingerprint density at radius 3 is 2.63 bits per heavy atom. The van der Waals surface area contributed by atoms with Gasteiger partial charge in [-0.05, 0) is 61.6 Å². The van der Waals surface area contributed by atoms with Crippen LogP contribution in [0.15, 0.2) is 71.4 Å². The molecule has 0 spiro atoms. The molecular weight excluding hydrogens is 394 g/mol. The van der Waals surface area contributed by atoms with Crippen LogP contribution in [0.2, 0.25) is 5.02 Å². The highest BCUT2D eigenvalue weighted by Crippen LogP contribution is 2.34. The zero-order valence-electron chi connectivity index (χ0n) is 18.2. The fourth-order valence-corrected chi connectivity index (χ4v) is 3.18. The first kappa shape index (κ1) is 23.8. The van der Waals surface area contributed by atoms with Crippen LogP contribution < -0.4 is 10.6 Å². The fraction of sp³-hybridized carbons (Fsp3) is 0.360. The average Bonchev–Trinajstić information content (AvgIpc) is 3.53. The van der Waals surface area contributed by atoms with E-state index in [9.17, 15) is 4.79 Å². The number of allylic oxidation sites excluding steroid dienone is 5. The lowest BCUT2D eigenvalue weighted by Gasteiger charge is -2.12. The summed E-state index contributed by atoms with van der Waals surface area (Å²) in [5.74, 6) is 1.07. The minimum absolute atomic E-state index is 0.216. The number of carbonyl (C=O) groups is 1. The summed E-state index contributed by atoms with van der Waals surface area (Å²) in [5.41, 5.74) is 4.40. The molecule has 2 rings (SSSR count). The molecule has 30 heavy (non-hydrogen) atoms. The van der Waals surface area contributed by atoms with Crippen molar-refractivity contribution in [2.75, 3.05) is 7.05 Å². The summed E-state index contributed by atoms with van der Waals surface area (Å²) >= 11 is 6.41. The summed E-state index contributed by atoms with van der Waals surface area (Å²) in [6.45, 7) is 12.1. The van der Waals surface area contributed by atoms with E-state index in [1.54, 1.807) is 0 Å². The predicted molar refractivity (Wildman–Crippen MR) is 128 cm³/mol. The van der Waals surface area contributed by atoms with Gasteiger partial charge in [0.25, 0.3) is 0 Å². The smallest absolute Gasteiger partial charge is 0.222 e. The van der Waals surface area contributed by atoms with Gasteiger partial charge in [-0.15, -0.1) is 0 Å². The number of nitrogens with zero attached hydrogens (tertiary/aromatic N) is 1. The third-order valence-corrected chi connectivity index (χ3v) is 5.34. The second-order valence-electron chi connectivity index (χ2n) is 7.71. The Morgan fingerprint density at radius 2 is 2.03 bits per heavy atom. The number of aliphatic imine (C=N–C) groups is 1. The maximum atomic E-state index is 11.8. The second kappa shape index (κ2) is 11.7. The molecule has 0 atom stereocenters. The first-order valence-electron chi connectivity index (χ1n) is 10.3. The number of amides is 1. The van der Waals surface area contributed by atoms with Gasteiger partial charge in [0.15, 0.2) is 0 Å². The van der Waals surface area contributed by atoms with Crippen molar-refractivity contribution in [3.63, 3.8) is 0 Å². The molecule has 160 valence electrons. The van der Waals surface area contributed by atoms with Crippen LogP contribution in [0.25, 0.3) is 0 Å². The summed E-state index contributed by atoms with van der Waals surface area (Å²) in [6, 6.07) is 5.68. The van der Waals surface area contributed by atoms with Crippen molar-refractivity contribution in [3.8, 4) is 0 Å². The molecule has 0 radical (unpaired) electrons. The Balaban J connectivity index is 2.26. The minimum atomic E-state index is -0.216. The van der Waals surface area contributed by atoms with Crippen LogP contribution in [0.1, 0.15) is 50.7 Å². The molecule has 1 aromatic rings. The standard InChI is InChI=1S/C25H32ClN3O/c1-6-20(9-10-21-11-12-21)8-7-17(2)18(3)28-25(29-19(4)30)23-15-22(16-27-5)13-14-24(23)26/h6-8,13-15,21,27H,1,3,9-12,16H2,2,4-5H3,(H,28,29,30)/b17-7+,20-8+. The Labute approximate surface area is 185 Å². The summed E-state index contributed by atoms with van der Waals surface area (Å²) in [6.07, 6.45) is 11.0. The van der Waals surface area contributed by atoms with E-state index in [-0.39, 0.29) is 5.91 Å². The normalized spacial score (nSPS) is 15.1. The number of rotatable bonds is 10. The van der Waals surface area contributed by atoms with Gasteiger partial charge < -0.3 is 10.6 Å². The number of halogens is 1. The van der Waals surface area contributed by atoms with Crippen LogP contribution >= 0.6 is 11.6 Å². The van der Waals surface area contributed by atoms with Crippen molar-refractivity contribution in [1.29, 1.82) is 0 Å².